The molecule has 0 aliphatic heterocycles. The van der Waals surface area contributed by atoms with Crippen molar-refractivity contribution in [2.45, 2.75) is 6.92 Å². The van der Waals surface area contributed by atoms with Crippen LogP contribution in [0.4, 0.5) is 0 Å². The van der Waals surface area contributed by atoms with Crippen molar-refractivity contribution in [1.82, 2.24) is 20.8 Å². The molecule has 7 heteroatoms. The maximum Gasteiger partial charge on any atom is 0.281 e. The first-order valence-electron chi connectivity index (χ1n) is 8.61. The zero-order chi connectivity index (χ0) is 19.5. The molecule has 138 valence electrons. The van der Waals surface area contributed by atoms with Gasteiger partial charge in [-0.25, -0.2) is 4.98 Å². The van der Waals surface area contributed by atoms with Crippen molar-refractivity contribution in [2.75, 3.05) is 0 Å². The number of pyridine rings is 1. The molecule has 0 spiro atoms. The molecule has 0 radical (unpaired) electrons. The van der Waals surface area contributed by atoms with E-state index in [4.69, 9.17) is 0 Å². The molecule has 2 N–H and O–H groups in total. The van der Waals surface area contributed by atoms with Gasteiger partial charge in [0.25, 0.3) is 11.8 Å². The molecule has 2 amide bonds. The van der Waals surface area contributed by atoms with Gasteiger partial charge in [0, 0.05) is 17.1 Å². The number of nitrogens with one attached hydrogen (secondary N) is 2. The van der Waals surface area contributed by atoms with Gasteiger partial charge in [0.05, 0.1) is 16.8 Å². The van der Waals surface area contributed by atoms with Crippen LogP contribution in [-0.4, -0.2) is 21.8 Å². The Labute approximate surface area is 165 Å². The number of rotatable bonds is 3. The smallest absolute Gasteiger partial charge is 0.267 e. The van der Waals surface area contributed by atoms with Gasteiger partial charge < -0.3 is 0 Å². The molecule has 4 aromatic rings. The van der Waals surface area contributed by atoms with Crippen LogP contribution in [-0.2, 0) is 0 Å². The monoisotopic (exact) mass is 388 g/mol. The maximum atomic E-state index is 12.5. The van der Waals surface area contributed by atoms with E-state index < -0.39 is 11.8 Å². The molecular weight excluding hydrogens is 372 g/mol. The second-order valence-electron chi connectivity index (χ2n) is 6.09. The lowest BCUT2D eigenvalue weighted by molar-refractivity contribution is 0.0849. The number of fused-ring (bicyclic) bond motifs is 1. The van der Waals surface area contributed by atoms with Crippen LogP contribution < -0.4 is 10.9 Å². The summed E-state index contributed by atoms with van der Waals surface area (Å²) in [4.78, 5) is 34.2. The van der Waals surface area contributed by atoms with E-state index in [1.165, 1.54) is 11.3 Å². The predicted molar refractivity (Wildman–Crippen MR) is 109 cm³/mol. The maximum absolute atomic E-state index is 12.5. The molecule has 0 bridgehead atoms. The van der Waals surface area contributed by atoms with E-state index >= 15 is 0 Å². The summed E-state index contributed by atoms with van der Waals surface area (Å²) in [5.41, 5.74) is 7.47. The number of para-hydroxylation sites is 1. The summed E-state index contributed by atoms with van der Waals surface area (Å²) in [5.74, 6) is -0.832. The molecule has 0 fully saturated rings. The lowest BCUT2D eigenvalue weighted by atomic mass is 10.1. The van der Waals surface area contributed by atoms with Gasteiger partial charge in [0.2, 0.25) is 0 Å². The first-order chi connectivity index (χ1) is 13.6. The summed E-state index contributed by atoms with van der Waals surface area (Å²) in [6, 6.07) is 18.7. The van der Waals surface area contributed by atoms with Crippen LogP contribution in [0.3, 0.4) is 0 Å². The summed E-state index contributed by atoms with van der Waals surface area (Å²) in [6.45, 7) is 1.77. The fourth-order valence-corrected chi connectivity index (χ4v) is 3.80. The van der Waals surface area contributed by atoms with Gasteiger partial charge in [-0.15, -0.1) is 11.3 Å². The van der Waals surface area contributed by atoms with Crippen molar-refractivity contribution in [3.8, 4) is 10.6 Å². The van der Waals surface area contributed by atoms with Crippen LogP contribution in [0.1, 0.15) is 25.7 Å². The number of amides is 2. The fraction of sp³-hybridized carbons (Fsp3) is 0.0476. The van der Waals surface area contributed by atoms with Crippen LogP contribution in [0.15, 0.2) is 66.9 Å². The molecule has 0 atom stereocenters. The normalized spacial score (nSPS) is 10.6. The molecule has 0 aliphatic rings. The molecular formula is C21H16N4O2S. The Morgan fingerprint density at radius 2 is 1.64 bits per heavy atom. The predicted octanol–water partition coefficient (Wildman–Crippen LogP) is 3.74. The molecule has 2 heterocycles. The van der Waals surface area contributed by atoms with Crippen LogP contribution in [0.2, 0.25) is 0 Å². The van der Waals surface area contributed by atoms with Crippen molar-refractivity contribution in [3.05, 3.63) is 83.0 Å². The van der Waals surface area contributed by atoms with E-state index in [0.717, 1.165) is 16.0 Å². The number of hydrogen-bond donors (Lipinski definition) is 2. The number of carbonyl (C=O) groups is 2. The quantitative estimate of drug-likeness (QED) is 0.524. The number of thiazole rings is 1. The van der Waals surface area contributed by atoms with Crippen molar-refractivity contribution in [1.29, 1.82) is 0 Å². The first kappa shape index (κ1) is 17.8. The van der Waals surface area contributed by atoms with Gasteiger partial charge in [-0.05, 0) is 19.1 Å². The lowest BCUT2D eigenvalue weighted by Gasteiger charge is -2.08. The largest absolute Gasteiger partial charge is 0.281 e. The summed E-state index contributed by atoms with van der Waals surface area (Å²) in [5, 5.41) is 1.61. The number of benzene rings is 2. The fourth-order valence-electron chi connectivity index (χ4n) is 2.84. The molecule has 0 aliphatic carbocycles. The number of hydrazine groups is 1. The minimum atomic E-state index is -0.428. The van der Waals surface area contributed by atoms with Gasteiger partial charge in [-0.3, -0.25) is 25.4 Å². The van der Waals surface area contributed by atoms with Gasteiger partial charge in [0.1, 0.15) is 9.88 Å². The van der Waals surface area contributed by atoms with Gasteiger partial charge in [-0.1, -0.05) is 48.5 Å². The van der Waals surface area contributed by atoms with E-state index in [2.05, 4.69) is 20.8 Å². The number of aromatic nitrogens is 2. The van der Waals surface area contributed by atoms with Crippen LogP contribution in [0, 0.1) is 6.92 Å². The van der Waals surface area contributed by atoms with Crippen LogP contribution in [0.5, 0.6) is 0 Å². The van der Waals surface area contributed by atoms with Crippen LogP contribution >= 0.6 is 11.3 Å². The Bertz CT molecular complexity index is 1170. The van der Waals surface area contributed by atoms with Crippen molar-refractivity contribution in [2.24, 2.45) is 0 Å². The zero-order valence-corrected chi connectivity index (χ0v) is 15.8. The molecule has 4 rings (SSSR count). The highest BCUT2D eigenvalue weighted by Gasteiger charge is 2.18. The third kappa shape index (κ3) is 3.47. The minimum absolute atomic E-state index is 0.393. The Morgan fingerprint density at radius 1 is 0.893 bits per heavy atom. The standard InChI is InChI=1S/C21H16N4O2S/c1-13-18(28-21(23-13)15-7-3-2-4-8-15)20(27)25-24-19(26)16-11-5-9-14-10-6-12-22-17(14)16/h2-12H,1H3,(H,24,26)(H,25,27). The Morgan fingerprint density at radius 3 is 2.46 bits per heavy atom. The number of nitrogens with zero attached hydrogens (tertiary/aromatic N) is 2. The third-order valence-corrected chi connectivity index (χ3v) is 5.40. The van der Waals surface area contributed by atoms with Crippen molar-refractivity contribution < 1.29 is 9.59 Å². The Kier molecular flexibility index (Phi) is 4.82. The average Bonchev–Trinajstić information content (AvgIpc) is 3.14. The number of carbonyl (C=O) groups excluding carboxylic acids is 2. The first-order valence-corrected chi connectivity index (χ1v) is 9.42. The topological polar surface area (TPSA) is 84.0 Å². The van der Waals surface area contributed by atoms with Crippen LogP contribution in [0.25, 0.3) is 21.5 Å². The van der Waals surface area contributed by atoms with Gasteiger partial charge in [-0.2, -0.15) is 0 Å². The highest BCUT2D eigenvalue weighted by Crippen LogP contribution is 2.27. The summed E-state index contributed by atoms with van der Waals surface area (Å²) in [7, 11) is 0. The van der Waals surface area contributed by atoms with Gasteiger partial charge in [0.15, 0.2) is 0 Å². The lowest BCUT2D eigenvalue weighted by Crippen LogP contribution is -2.41. The zero-order valence-electron chi connectivity index (χ0n) is 15.0. The summed E-state index contributed by atoms with van der Waals surface area (Å²) < 4.78 is 0. The SMILES string of the molecule is Cc1nc(-c2ccccc2)sc1C(=O)NNC(=O)c1cccc2cccnc12. The highest BCUT2D eigenvalue weighted by molar-refractivity contribution is 7.17. The summed E-state index contributed by atoms with van der Waals surface area (Å²) >= 11 is 1.28. The highest BCUT2D eigenvalue weighted by atomic mass is 32.1. The van der Waals surface area contributed by atoms with E-state index in [1.807, 2.05) is 48.5 Å². The van der Waals surface area contributed by atoms with Crippen molar-refractivity contribution in [3.63, 3.8) is 0 Å². The second-order valence-corrected chi connectivity index (χ2v) is 7.09. The Balaban J connectivity index is 1.50. The third-order valence-electron chi connectivity index (χ3n) is 4.19. The summed E-state index contributed by atoms with van der Waals surface area (Å²) in [6.07, 6.45) is 1.63. The Hall–Kier alpha value is -3.58. The molecule has 0 saturated heterocycles. The van der Waals surface area contributed by atoms with E-state index in [-0.39, 0.29) is 0 Å². The number of aryl methyl sites for hydroxylation is 1. The van der Waals surface area contributed by atoms with E-state index in [9.17, 15) is 9.59 Å². The molecule has 28 heavy (non-hydrogen) atoms. The minimum Gasteiger partial charge on any atom is -0.267 e. The molecule has 6 nitrogen and oxygen atoms in total. The number of hydrogen-bond acceptors (Lipinski definition) is 5. The molecule has 0 saturated carbocycles. The van der Waals surface area contributed by atoms with E-state index in [1.54, 1.807) is 25.3 Å². The van der Waals surface area contributed by atoms with E-state index in [0.29, 0.717) is 21.7 Å². The second kappa shape index (κ2) is 7.58. The molecule has 0 unspecified atom stereocenters. The molecule has 2 aromatic carbocycles. The van der Waals surface area contributed by atoms with Gasteiger partial charge >= 0.3 is 0 Å². The molecule has 2 aromatic heterocycles. The average molecular weight is 388 g/mol. The van der Waals surface area contributed by atoms with Crippen molar-refractivity contribution >= 4 is 34.1 Å².